The van der Waals surface area contributed by atoms with Crippen LogP contribution >= 0.6 is 12.4 Å². The van der Waals surface area contributed by atoms with Gasteiger partial charge in [-0.25, -0.2) is 0 Å². The lowest BCUT2D eigenvalue weighted by Crippen LogP contribution is -2.43. The Kier molecular flexibility index (Phi) is 6.62. The van der Waals surface area contributed by atoms with Crippen molar-refractivity contribution in [2.24, 2.45) is 17.3 Å². The molecule has 3 rings (SSSR count). The van der Waals surface area contributed by atoms with E-state index in [0.717, 1.165) is 50.3 Å². The highest BCUT2D eigenvalue weighted by Gasteiger charge is 2.58. The van der Waals surface area contributed by atoms with Crippen LogP contribution < -0.4 is 15.4 Å². The van der Waals surface area contributed by atoms with Gasteiger partial charge in [0, 0.05) is 5.92 Å². The van der Waals surface area contributed by atoms with Gasteiger partial charge in [0.25, 0.3) is 0 Å². The summed E-state index contributed by atoms with van der Waals surface area (Å²) in [6, 6.07) is 8.11. The number of ether oxygens (including phenoxy) is 1. The fraction of sp³-hybridized carbons (Fsp3) is 0.667. The molecule has 1 saturated carbocycles. The standard InChI is InChI=1S/C21H32N2O2.ClH/c1-15(2)14-25-17-7-5-16(6-8-17)20(3,4)23-19(24)18-13-21(18)9-11-22-12-10-21;/h5-8,15,18,22H,9-14H2,1-4H3,(H,23,24);1H. The lowest BCUT2D eigenvalue weighted by molar-refractivity contribution is -0.125. The minimum Gasteiger partial charge on any atom is -0.493 e. The Morgan fingerprint density at radius 1 is 1.27 bits per heavy atom. The fourth-order valence-electron chi connectivity index (χ4n) is 3.89. The fourth-order valence-corrected chi connectivity index (χ4v) is 3.89. The highest BCUT2D eigenvalue weighted by molar-refractivity contribution is 5.85. The lowest BCUT2D eigenvalue weighted by Gasteiger charge is -2.29. The first-order valence-corrected chi connectivity index (χ1v) is 9.58. The van der Waals surface area contributed by atoms with Crippen LogP contribution in [-0.2, 0) is 10.3 Å². The summed E-state index contributed by atoms with van der Waals surface area (Å²) in [5.41, 5.74) is 1.02. The van der Waals surface area contributed by atoms with Gasteiger partial charge in [-0.15, -0.1) is 12.4 Å². The van der Waals surface area contributed by atoms with Gasteiger partial charge in [0.2, 0.25) is 5.91 Å². The van der Waals surface area contributed by atoms with E-state index in [-0.39, 0.29) is 35.2 Å². The number of piperidine rings is 1. The van der Waals surface area contributed by atoms with Gasteiger partial charge in [0.05, 0.1) is 12.1 Å². The third kappa shape index (κ3) is 4.72. The monoisotopic (exact) mass is 380 g/mol. The SMILES string of the molecule is CC(C)COc1ccc(C(C)(C)NC(=O)C2CC23CCNCC3)cc1.Cl. The van der Waals surface area contributed by atoms with Gasteiger partial charge in [-0.2, -0.15) is 0 Å². The van der Waals surface area contributed by atoms with Crippen molar-refractivity contribution < 1.29 is 9.53 Å². The van der Waals surface area contributed by atoms with Gasteiger partial charge >= 0.3 is 0 Å². The molecule has 4 nitrogen and oxygen atoms in total. The van der Waals surface area contributed by atoms with Crippen LogP contribution in [0.1, 0.15) is 52.5 Å². The van der Waals surface area contributed by atoms with Gasteiger partial charge in [0.15, 0.2) is 0 Å². The molecule has 0 bridgehead atoms. The van der Waals surface area contributed by atoms with Crippen LogP contribution in [0.25, 0.3) is 0 Å². The quantitative estimate of drug-likeness (QED) is 0.787. The highest BCUT2D eigenvalue weighted by Crippen LogP contribution is 2.58. The third-order valence-corrected chi connectivity index (χ3v) is 5.70. The molecule has 1 unspecified atom stereocenters. The van der Waals surface area contributed by atoms with Crippen LogP contribution in [-0.4, -0.2) is 25.6 Å². The molecular formula is C21H33ClN2O2. The molecule has 0 aromatic heterocycles. The maximum Gasteiger partial charge on any atom is 0.224 e. The molecule has 1 aliphatic carbocycles. The Labute approximate surface area is 163 Å². The Morgan fingerprint density at radius 3 is 2.46 bits per heavy atom. The molecule has 26 heavy (non-hydrogen) atoms. The molecule has 1 saturated heterocycles. The Hall–Kier alpha value is -1.26. The number of rotatable bonds is 6. The topological polar surface area (TPSA) is 50.4 Å². The van der Waals surface area contributed by atoms with Crippen molar-refractivity contribution in [1.29, 1.82) is 0 Å². The van der Waals surface area contributed by atoms with Crippen LogP contribution in [0.15, 0.2) is 24.3 Å². The van der Waals surface area contributed by atoms with Gasteiger partial charge in [-0.3, -0.25) is 4.79 Å². The molecule has 2 fully saturated rings. The van der Waals surface area contributed by atoms with Crippen molar-refractivity contribution in [3.05, 3.63) is 29.8 Å². The average Bonchev–Trinajstić information content (AvgIpc) is 3.27. The molecular weight excluding hydrogens is 348 g/mol. The number of hydrogen-bond donors (Lipinski definition) is 2. The first-order chi connectivity index (χ1) is 11.8. The van der Waals surface area contributed by atoms with Gasteiger partial charge < -0.3 is 15.4 Å². The van der Waals surface area contributed by atoms with Crippen LogP contribution in [0.3, 0.4) is 0 Å². The zero-order chi connectivity index (χ0) is 18.1. The molecule has 1 aromatic rings. The molecule has 1 amide bonds. The number of nitrogens with one attached hydrogen (secondary N) is 2. The van der Waals surface area contributed by atoms with Gasteiger partial charge in [-0.1, -0.05) is 26.0 Å². The van der Waals surface area contributed by atoms with E-state index in [1.54, 1.807) is 0 Å². The largest absolute Gasteiger partial charge is 0.493 e. The second-order valence-electron chi connectivity index (χ2n) is 8.71. The van der Waals surface area contributed by atoms with Crippen molar-refractivity contribution in [2.75, 3.05) is 19.7 Å². The summed E-state index contributed by atoms with van der Waals surface area (Å²) < 4.78 is 5.75. The second kappa shape index (κ2) is 8.18. The molecule has 1 aliphatic heterocycles. The maximum atomic E-state index is 12.8. The number of amides is 1. The minimum absolute atomic E-state index is 0. The van der Waals surface area contributed by atoms with E-state index in [1.165, 1.54) is 0 Å². The normalized spacial score (nSPS) is 21.2. The van der Waals surface area contributed by atoms with Crippen LogP contribution in [0.4, 0.5) is 0 Å². The number of carbonyl (C=O) groups is 1. The average molecular weight is 381 g/mol. The molecule has 146 valence electrons. The number of benzene rings is 1. The Balaban J connectivity index is 0.00000243. The van der Waals surface area contributed by atoms with Crippen molar-refractivity contribution in [1.82, 2.24) is 10.6 Å². The van der Waals surface area contributed by atoms with E-state index >= 15 is 0 Å². The predicted molar refractivity (Wildman–Crippen MR) is 108 cm³/mol. The molecule has 1 heterocycles. The summed E-state index contributed by atoms with van der Waals surface area (Å²) in [4.78, 5) is 12.8. The van der Waals surface area contributed by atoms with Crippen molar-refractivity contribution in [3.63, 3.8) is 0 Å². The van der Waals surface area contributed by atoms with E-state index in [1.807, 2.05) is 12.1 Å². The minimum atomic E-state index is -0.371. The summed E-state index contributed by atoms with van der Waals surface area (Å²) in [6.07, 6.45) is 3.32. The maximum absolute atomic E-state index is 12.8. The summed E-state index contributed by atoms with van der Waals surface area (Å²) in [7, 11) is 0. The highest BCUT2D eigenvalue weighted by atomic mass is 35.5. The van der Waals surface area contributed by atoms with Crippen LogP contribution in [0.5, 0.6) is 5.75 Å². The number of hydrogen-bond acceptors (Lipinski definition) is 3. The summed E-state index contributed by atoms with van der Waals surface area (Å²) in [6.45, 7) is 11.2. The van der Waals surface area contributed by atoms with E-state index in [9.17, 15) is 4.79 Å². The molecule has 2 N–H and O–H groups in total. The zero-order valence-corrected chi connectivity index (χ0v) is 17.2. The number of halogens is 1. The molecule has 1 spiro atoms. The smallest absolute Gasteiger partial charge is 0.224 e. The zero-order valence-electron chi connectivity index (χ0n) is 16.4. The molecule has 1 atom stereocenters. The summed E-state index contributed by atoms with van der Waals surface area (Å²) in [5.74, 6) is 1.81. The van der Waals surface area contributed by atoms with E-state index in [0.29, 0.717) is 5.92 Å². The summed E-state index contributed by atoms with van der Waals surface area (Å²) >= 11 is 0. The third-order valence-electron chi connectivity index (χ3n) is 5.70. The van der Waals surface area contributed by atoms with Crippen molar-refractivity contribution >= 4 is 18.3 Å². The first-order valence-electron chi connectivity index (χ1n) is 9.58. The van der Waals surface area contributed by atoms with Gasteiger partial charge in [0.1, 0.15) is 5.75 Å². The molecule has 2 aliphatic rings. The Bertz CT molecular complexity index is 607. The van der Waals surface area contributed by atoms with Gasteiger partial charge in [-0.05, 0) is 75.2 Å². The first kappa shape index (κ1) is 21.0. The lowest BCUT2D eigenvalue weighted by atomic mass is 9.90. The second-order valence-corrected chi connectivity index (χ2v) is 8.71. The Morgan fingerprint density at radius 2 is 1.88 bits per heavy atom. The van der Waals surface area contributed by atoms with E-state index < -0.39 is 0 Å². The van der Waals surface area contributed by atoms with Crippen LogP contribution in [0.2, 0.25) is 0 Å². The van der Waals surface area contributed by atoms with E-state index in [2.05, 4.69) is 50.5 Å². The molecule has 0 radical (unpaired) electrons. The summed E-state index contributed by atoms with van der Waals surface area (Å²) in [5, 5.41) is 6.67. The van der Waals surface area contributed by atoms with Crippen molar-refractivity contribution in [2.45, 2.75) is 52.5 Å². The van der Waals surface area contributed by atoms with Crippen molar-refractivity contribution in [3.8, 4) is 5.75 Å². The van der Waals surface area contributed by atoms with E-state index in [4.69, 9.17) is 4.74 Å². The molecule has 1 aromatic carbocycles. The van der Waals surface area contributed by atoms with Crippen LogP contribution in [0, 0.1) is 17.3 Å². The number of carbonyl (C=O) groups excluding carboxylic acids is 1. The molecule has 5 heteroatoms. The predicted octanol–water partition coefficient (Wildman–Crippen LogP) is 3.88.